The minimum Gasteiger partial charge on any atom is -0.270 e. The maximum absolute atomic E-state index is 4.59. The molecule has 3 unspecified atom stereocenters. The van der Waals surface area contributed by atoms with Crippen LogP contribution in [0.2, 0.25) is 0 Å². The van der Waals surface area contributed by atoms with Gasteiger partial charge in [0.15, 0.2) is 0 Å². The maximum Gasteiger partial charge on any atom is 0.0596 e. The van der Waals surface area contributed by atoms with Gasteiger partial charge in [-0.25, -0.2) is 0 Å². The lowest BCUT2D eigenvalue weighted by Gasteiger charge is -2.40. The number of hydrogen-bond acceptors (Lipinski definition) is 1. The molecular formula is C17H29BrN2. The van der Waals surface area contributed by atoms with Crippen LogP contribution in [0.4, 0.5) is 0 Å². The summed E-state index contributed by atoms with van der Waals surface area (Å²) in [6, 6.07) is 2.27. The van der Waals surface area contributed by atoms with Crippen molar-refractivity contribution in [1.82, 2.24) is 9.78 Å². The van der Waals surface area contributed by atoms with E-state index in [1.807, 2.05) is 0 Å². The molecule has 2 rings (SSSR count). The van der Waals surface area contributed by atoms with Gasteiger partial charge in [0.1, 0.15) is 0 Å². The van der Waals surface area contributed by atoms with Crippen molar-refractivity contribution in [2.75, 3.05) is 0 Å². The molecule has 3 heteroatoms. The van der Waals surface area contributed by atoms with E-state index in [1.165, 1.54) is 25.0 Å². The SMILES string of the molecule is CCn1nc(C)cc1CC1CC(C(C)(C)C)CCC1Br. The van der Waals surface area contributed by atoms with Crippen LogP contribution in [0.3, 0.4) is 0 Å². The van der Waals surface area contributed by atoms with Gasteiger partial charge in [-0.1, -0.05) is 36.7 Å². The molecular weight excluding hydrogens is 312 g/mol. The minimum atomic E-state index is 0.437. The van der Waals surface area contributed by atoms with Crippen LogP contribution in [0.25, 0.3) is 0 Å². The normalized spacial score (nSPS) is 27.8. The average molecular weight is 341 g/mol. The lowest BCUT2D eigenvalue weighted by atomic mass is 9.68. The molecule has 0 amide bonds. The number of nitrogens with zero attached hydrogens (tertiary/aromatic N) is 2. The summed E-state index contributed by atoms with van der Waals surface area (Å²) in [7, 11) is 0. The highest BCUT2D eigenvalue weighted by molar-refractivity contribution is 9.09. The fourth-order valence-electron chi connectivity index (χ4n) is 3.53. The summed E-state index contributed by atoms with van der Waals surface area (Å²) in [5, 5.41) is 4.59. The fourth-order valence-corrected chi connectivity index (χ4v) is 4.20. The molecule has 0 saturated heterocycles. The van der Waals surface area contributed by atoms with Crippen LogP contribution in [0.5, 0.6) is 0 Å². The molecule has 1 aliphatic rings. The van der Waals surface area contributed by atoms with Crippen LogP contribution in [-0.4, -0.2) is 14.6 Å². The molecule has 0 bridgehead atoms. The number of aryl methyl sites for hydroxylation is 2. The third-order valence-corrected chi connectivity index (χ3v) is 6.08. The Morgan fingerprint density at radius 2 is 2.05 bits per heavy atom. The quantitative estimate of drug-likeness (QED) is 0.709. The zero-order valence-corrected chi connectivity index (χ0v) is 15.2. The summed E-state index contributed by atoms with van der Waals surface area (Å²) < 4.78 is 2.18. The molecule has 1 heterocycles. The molecule has 0 aliphatic heterocycles. The Morgan fingerprint density at radius 1 is 1.35 bits per heavy atom. The number of alkyl halides is 1. The summed E-state index contributed by atoms with van der Waals surface area (Å²) in [6.07, 6.45) is 5.18. The zero-order chi connectivity index (χ0) is 14.9. The summed E-state index contributed by atoms with van der Waals surface area (Å²) in [6.45, 7) is 12.4. The monoisotopic (exact) mass is 340 g/mol. The van der Waals surface area contributed by atoms with Gasteiger partial charge >= 0.3 is 0 Å². The first kappa shape index (κ1) is 16.1. The molecule has 2 nitrogen and oxygen atoms in total. The molecule has 1 aromatic heterocycles. The second kappa shape index (κ2) is 6.21. The predicted molar refractivity (Wildman–Crippen MR) is 89.3 cm³/mol. The Bertz CT molecular complexity index is 444. The molecule has 1 aromatic rings. The first-order valence-corrected chi connectivity index (χ1v) is 8.90. The highest BCUT2D eigenvalue weighted by atomic mass is 79.9. The minimum absolute atomic E-state index is 0.437. The van der Waals surface area contributed by atoms with E-state index >= 15 is 0 Å². The second-order valence-electron chi connectivity index (χ2n) is 7.45. The molecule has 1 aliphatic carbocycles. The Balaban J connectivity index is 2.10. The van der Waals surface area contributed by atoms with Crippen molar-refractivity contribution in [1.29, 1.82) is 0 Å². The van der Waals surface area contributed by atoms with Crippen LogP contribution >= 0.6 is 15.9 Å². The topological polar surface area (TPSA) is 17.8 Å². The largest absolute Gasteiger partial charge is 0.270 e. The Hall–Kier alpha value is -0.310. The van der Waals surface area contributed by atoms with E-state index in [9.17, 15) is 0 Å². The molecule has 0 radical (unpaired) electrons. The van der Waals surface area contributed by atoms with Crippen LogP contribution < -0.4 is 0 Å². The number of halogens is 1. The van der Waals surface area contributed by atoms with Gasteiger partial charge < -0.3 is 0 Å². The van der Waals surface area contributed by atoms with Crippen molar-refractivity contribution in [3.8, 4) is 0 Å². The number of aromatic nitrogens is 2. The van der Waals surface area contributed by atoms with Gasteiger partial charge in [-0.3, -0.25) is 4.68 Å². The van der Waals surface area contributed by atoms with Gasteiger partial charge in [-0.2, -0.15) is 5.10 Å². The van der Waals surface area contributed by atoms with E-state index in [-0.39, 0.29) is 0 Å². The van der Waals surface area contributed by atoms with Crippen molar-refractivity contribution in [2.45, 2.75) is 71.7 Å². The van der Waals surface area contributed by atoms with Crippen molar-refractivity contribution < 1.29 is 0 Å². The van der Waals surface area contributed by atoms with E-state index in [2.05, 4.69) is 66.4 Å². The van der Waals surface area contributed by atoms with Crippen LogP contribution in [0.1, 0.15) is 58.3 Å². The first-order valence-electron chi connectivity index (χ1n) is 7.98. The fraction of sp³-hybridized carbons (Fsp3) is 0.824. The van der Waals surface area contributed by atoms with Crippen molar-refractivity contribution in [3.05, 3.63) is 17.5 Å². The highest BCUT2D eigenvalue weighted by Crippen LogP contribution is 2.43. The average Bonchev–Trinajstić information content (AvgIpc) is 2.71. The molecule has 3 atom stereocenters. The summed E-state index contributed by atoms with van der Waals surface area (Å²) in [5.41, 5.74) is 3.00. The van der Waals surface area contributed by atoms with E-state index in [1.54, 1.807) is 0 Å². The van der Waals surface area contributed by atoms with Crippen molar-refractivity contribution in [2.24, 2.45) is 17.3 Å². The smallest absolute Gasteiger partial charge is 0.0596 e. The summed E-state index contributed by atoms with van der Waals surface area (Å²) >= 11 is 3.93. The molecule has 114 valence electrons. The number of rotatable bonds is 3. The second-order valence-corrected chi connectivity index (χ2v) is 8.63. The standard InChI is InChI=1S/C17H29BrN2/c1-6-20-15(9-12(2)19-20)11-13-10-14(17(3,4)5)7-8-16(13)18/h9,13-14,16H,6-8,10-11H2,1-5H3. The van der Waals surface area contributed by atoms with E-state index in [0.29, 0.717) is 10.2 Å². The lowest BCUT2D eigenvalue weighted by Crippen LogP contribution is -2.33. The van der Waals surface area contributed by atoms with Crippen LogP contribution in [-0.2, 0) is 13.0 Å². The van der Waals surface area contributed by atoms with Gasteiger partial charge in [0.05, 0.1) is 5.69 Å². The first-order chi connectivity index (χ1) is 9.31. The van der Waals surface area contributed by atoms with Gasteiger partial charge in [0.25, 0.3) is 0 Å². The van der Waals surface area contributed by atoms with Gasteiger partial charge in [0, 0.05) is 17.1 Å². The Kier molecular flexibility index (Phi) is 4.99. The molecule has 20 heavy (non-hydrogen) atoms. The molecule has 1 fully saturated rings. The van der Waals surface area contributed by atoms with E-state index < -0.39 is 0 Å². The number of hydrogen-bond donors (Lipinski definition) is 0. The molecule has 1 saturated carbocycles. The Labute approximate surface area is 132 Å². The Morgan fingerprint density at radius 3 is 2.65 bits per heavy atom. The predicted octanol–water partition coefficient (Wildman–Crippen LogP) is 4.98. The van der Waals surface area contributed by atoms with Gasteiger partial charge in [-0.05, 0) is 62.8 Å². The lowest BCUT2D eigenvalue weighted by molar-refractivity contribution is 0.145. The maximum atomic E-state index is 4.59. The van der Waals surface area contributed by atoms with Crippen molar-refractivity contribution >= 4 is 15.9 Å². The third-order valence-electron chi connectivity index (χ3n) is 4.87. The highest BCUT2D eigenvalue weighted by Gasteiger charge is 2.35. The van der Waals surface area contributed by atoms with E-state index in [0.717, 1.165) is 30.5 Å². The third kappa shape index (κ3) is 3.66. The van der Waals surface area contributed by atoms with Crippen molar-refractivity contribution in [3.63, 3.8) is 0 Å². The molecule has 0 aromatic carbocycles. The van der Waals surface area contributed by atoms with Gasteiger partial charge in [-0.15, -0.1) is 0 Å². The van der Waals surface area contributed by atoms with Crippen LogP contribution in [0.15, 0.2) is 6.07 Å². The summed E-state index contributed by atoms with van der Waals surface area (Å²) in [5.74, 6) is 1.59. The zero-order valence-electron chi connectivity index (χ0n) is 13.6. The molecule has 0 spiro atoms. The van der Waals surface area contributed by atoms with E-state index in [4.69, 9.17) is 0 Å². The molecule has 0 N–H and O–H groups in total. The van der Waals surface area contributed by atoms with Gasteiger partial charge in [0.2, 0.25) is 0 Å². The van der Waals surface area contributed by atoms with Crippen LogP contribution in [0, 0.1) is 24.2 Å². The summed E-state index contributed by atoms with van der Waals surface area (Å²) in [4.78, 5) is 0.668.